The van der Waals surface area contributed by atoms with Crippen molar-refractivity contribution in [2.45, 2.75) is 39.2 Å². The molecule has 0 bridgehead atoms. The van der Waals surface area contributed by atoms with E-state index in [1.807, 2.05) is 26.0 Å². The van der Waals surface area contributed by atoms with Crippen molar-refractivity contribution in [1.82, 2.24) is 5.32 Å². The van der Waals surface area contributed by atoms with Crippen molar-refractivity contribution >= 4 is 11.6 Å². The summed E-state index contributed by atoms with van der Waals surface area (Å²) < 4.78 is 5.38. The number of carbonyl (C=O) groups excluding carboxylic acids is 1. The van der Waals surface area contributed by atoms with Gasteiger partial charge in [-0.05, 0) is 44.9 Å². The molecule has 4 heteroatoms. The van der Waals surface area contributed by atoms with Gasteiger partial charge in [-0.2, -0.15) is 0 Å². The van der Waals surface area contributed by atoms with Gasteiger partial charge in [0.15, 0.2) is 0 Å². The van der Waals surface area contributed by atoms with Gasteiger partial charge in [0, 0.05) is 11.3 Å². The summed E-state index contributed by atoms with van der Waals surface area (Å²) in [5.41, 5.74) is 2.89. The molecule has 104 valence electrons. The summed E-state index contributed by atoms with van der Waals surface area (Å²) >= 11 is 0. The van der Waals surface area contributed by atoms with Gasteiger partial charge in [-0.25, -0.2) is 0 Å². The highest BCUT2D eigenvalue weighted by atomic mass is 16.5. The number of methoxy groups -OCH3 is 1. The lowest BCUT2D eigenvalue weighted by atomic mass is 10.0. The fourth-order valence-corrected chi connectivity index (χ4v) is 2.57. The third kappa shape index (κ3) is 3.07. The third-order valence-electron chi connectivity index (χ3n) is 3.69. The van der Waals surface area contributed by atoms with E-state index in [0.29, 0.717) is 0 Å². The number of amides is 1. The largest absolute Gasteiger partial charge is 0.496 e. The van der Waals surface area contributed by atoms with Crippen LogP contribution in [0.2, 0.25) is 0 Å². The second-order valence-corrected chi connectivity index (χ2v) is 5.08. The number of nitrogens with one attached hydrogen (secondary N) is 2. The van der Waals surface area contributed by atoms with Crippen LogP contribution in [-0.2, 0) is 4.79 Å². The Kier molecular flexibility index (Phi) is 4.43. The van der Waals surface area contributed by atoms with Crippen LogP contribution >= 0.6 is 0 Å². The zero-order valence-electron chi connectivity index (χ0n) is 11.9. The van der Waals surface area contributed by atoms with E-state index >= 15 is 0 Å². The van der Waals surface area contributed by atoms with Crippen molar-refractivity contribution in [1.29, 1.82) is 0 Å². The molecular weight excluding hydrogens is 240 g/mol. The second-order valence-electron chi connectivity index (χ2n) is 5.08. The van der Waals surface area contributed by atoms with Gasteiger partial charge < -0.3 is 15.4 Å². The maximum atomic E-state index is 12.2. The van der Waals surface area contributed by atoms with Gasteiger partial charge in [0.25, 0.3) is 0 Å². The lowest BCUT2D eigenvalue weighted by Gasteiger charge is -2.23. The van der Waals surface area contributed by atoms with Crippen molar-refractivity contribution in [2.75, 3.05) is 19.0 Å². The normalized spacial score (nSPS) is 19.0. The molecule has 1 aliphatic heterocycles. The number of benzene rings is 1. The van der Waals surface area contributed by atoms with Crippen molar-refractivity contribution in [3.63, 3.8) is 0 Å². The lowest BCUT2D eigenvalue weighted by molar-refractivity contribution is -0.118. The van der Waals surface area contributed by atoms with Crippen LogP contribution in [0.15, 0.2) is 12.1 Å². The summed E-state index contributed by atoms with van der Waals surface area (Å²) in [6, 6.07) is 3.84. The van der Waals surface area contributed by atoms with Gasteiger partial charge in [-0.15, -0.1) is 0 Å². The number of hydrogen-bond acceptors (Lipinski definition) is 3. The van der Waals surface area contributed by atoms with Gasteiger partial charge in [0.2, 0.25) is 5.91 Å². The predicted molar refractivity (Wildman–Crippen MR) is 76.7 cm³/mol. The molecule has 0 aromatic heterocycles. The van der Waals surface area contributed by atoms with E-state index in [0.717, 1.165) is 48.4 Å². The number of piperidine rings is 1. The number of ether oxygens (including phenoxy) is 1. The van der Waals surface area contributed by atoms with Crippen LogP contribution in [0, 0.1) is 13.8 Å². The topological polar surface area (TPSA) is 50.4 Å². The molecule has 4 nitrogen and oxygen atoms in total. The summed E-state index contributed by atoms with van der Waals surface area (Å²) in [7, 11) is 1.66. The molecule has 1 atom stereocenters. The first-order valence-electron chi connectivity index (χ1n) is 6.82. The van der Waals surface area contributed by atoms with E-state index in [1.165, 1.54) is 0 Å². The Balaban J connectivity index is 2.12. The molecule has 2 rings (SSSR count). The Morgan fingerprint density at radius 1 is 1.37 bits per heavy atom. The van der Waals surface area contributed by atoms with Crippen molar-refractivity contribution in [3.8, 4) is 5.75 Å². The van der Waals surface area contributed by atoms with E-state index in [4.69, 9.17) is 4.74 Å². The molecule has 1 aromatic rings. The van der Waals surface area contributed by atoms with Crippen LogP contribution in [-0.4, -0.2) is 25.6 Å². The van der Waals surface area contributed by atoms with Crippen LogP contribution in [0.5, 0.6) is 5.75 Å². The van der Waals surface area contributed by atoms with E-state index in [-0.39, 0.29) is 11.9 Å². The molecule has 0 radical (unpaired) electrons. The van der Waals surface area contributed by atoms with Crippen LogP contribution in [0.3, 0.4) is 0 Å². The first kappa shape index (κ1) is 13.9. The number of carbonyl (C=O) groups is 1. The molecule has 19 heavy (non-hydrogen) atoms. The Morgan fingerprint density at radius 2 is 2.16 bits per heavy atom. The van der Waals surface area contributed by atoms with Gasteiger partial charge in [-0.3, -0.25) is 4.79 Å². The molecule has 1 aliphatic rings. The number of aryl methyl sites for hydroxylation is 1. The van der Waals surface area contributed by atoms with Crippen molar-refractivity contribution in [3.05, 3.63) is 23.3 Å². The highest BCUT2D eigenvalue weighted by Crippen LogP contribution is 2.29. The second kappa shape index (κ2) is 6.06. The molecule has 2 N–H and O–H groups in total. The summed E-state index contributed by atoms with van der Waals surface area (Å²) in [5, 5.41) is 6.26. The Hall–Kier alpha value is -1.55. The third-order valence-corrected chi connectivity index (χ3v) is 3.69. The maximum Gasteiger partial charge on any atom is 0.241 e. The standard InChI is InChI=1S/C15H22N2O2/c1-10-7-8-12(11(2)14(10)19-3)17-15(18)13-6-4-5-9-16-13/h7-8,13,16H,4-6,9H2,1-3H3,(H,17,18)/t13-/m1/s1. The predicted octanol–water partition coefficient (Wildman–Crippen LogP) is 2.39. The summed E-state index contributed by atoms with van der Waals surface area (Å²) in [6.45, 7) is 4.89. The highest BCUT2D eigenvalue weighted by molar-refractivity contribution is 5.95. The van der Waals surface area contributed by atoms with Gasteiger partial charge in [0.1, 0.15) is 5.75 Å². The lowest BCUT2D eigenvalue weighted by Crippen LogP contribution is -2.43. The van der Waals surface area contributed by atoms with E-state index in [2.05, 4.69) is 10.6 Å². The monoisotopic (exact) mass is 262 g/mol. The van der Waals surface area contributed by atoms with Gasteiger partial charge in [-0.1, -0.05) is 12.5 Å². The zero-order chi connectivity index (χ0) is 13.8. The number of hydrogen-bond donors (Lipinski definition) is 2. The fraction of sp³-hybridized carbons (Fsp3) is 0.533. The number of rotatable bonds is 3. The summed E-state index contributed by atoms with van der Waals surface area (Å²) in [5.74, 6) is 0.892. The van der Waals surface area contributed by atoms with Crippen LogP contribution in [0.25, 0.3) is 0 Å². The van der Waals surface area contributed by atoms with Crippen LogP contribution < -0.4 is 15.4 Å². The summed E-state index contributed by atoms with van der Waals surface area (Å²) in [4.78, 5) is 12.2. The molecule has 1 heterocycles. The Labute approximate surface area is 114 Å². The number of anilines is 1. The first-order valence-corrected chi connectivity index (χ1v) is 6.82. The Morgan fingerprint density at radius 3 is 2.79 bits per heavy atom. The SMILES string of the molecule is COc1c(C)ccc(NC(=O)[C@H]2CCCCN2)c1C. The van der Waals surface area contributed by atoms with Gasteiger partial charge in [0.05, 0.1) is 13.2 Å². The molecule has 1 aromatic carbocycles. The average molecular weight is 262 g/mol. The quantitative estimate of drug-likeness (QED) is 0.879. The maximum absolute atomic E-state index is 12.2. The molecular formula is C15H22N2O2. The zero-order valence-corrected chi connectivity index (χ0v) is 11.9. The molecule has 0 unspecified atom stereocenters. The van der Waals surface area contributed by atoms with Crippen molar-refractivity contribution in [2.24, 2.45) is 0 Å². The van der Waals surface area contributed by atoms with Crippen molar-refractivity contribution < 1.29 is 9.53 Å². The molecule has 0 saturated carbocycles. The molecule has 1 fully saturated rings. The molecule has 0 spiro atoms. The van der Waals surface area contributed by atoms with E-state index < -0.39 is 0 Å². The minimum atomic E-state index is -0.0690. The molecule has 1 saturated heterocycles. The van der Waals surface area contributed by atoms with Crippen LogP contribution in [0.1, 0.15) is 30.4 Å². The average Bonchev–Trinajstić information content (AvgIpc) is 2.43. The fourth-order valence-electron chi connectivity index (χ4n) is 2.57. The summed E-state index contributed by atoms with van der Waals surface area (Å²) in [6.07, 6.45) is 3.18. The molecule has 1 amide bonds. The first-order chi connectivity index (χ1) is 9.13. The Bertz CT molecular complexity index is 465. The molecule has 0 aliphatic carbocycles. The highest BCUT2D eigenvalue weighted by Gasteiger charge is 2.21. The smallest absolute Gasteiger partial charge is 0.241 e. The van der Waals surface area contributed by atoms with Crippen LogP contribution in [0.4, 0.5) is 5.69 Å². The minimum absolute atomic E-state index is 0.0497. The van der Waals surface area contributed by atoms with E-state index in [9.17, 15) is 4.79 Å². The van der Waals surface area contributed by atoms with E-state index in [1.54, 1.807) is 7.11 Å². The minimum Gasteiger partial charge on any atom is -0.496 e. The van der Waals surface area contributed by atoms with Gasteiger partial charge >= 0.3 is 0 Å².